The Hall–Kier alpha value is -2.15. The van der Waals surface area contributed by atoms with Crippen LogP contribution in [0.2, 0.25) is 0 Å². The van der Waals surface area contributed by atoms with Crippen LogP contribution < -0.4 is 16.3 Å². The summed E-state index contributed by atoms with van der Waals surface area (Å²) in [4.78, 5) is 38.2. The van der Waals surface area contributed by atoms with Crippen LogP contribution in [0.3, 0.4) is 0 Å². The minimum atomic E-state index is -0.467. The highest BCUT2D eigenvalue weighted by molar-refractivity contribution is 5.93. The van der Waals surface area contributed by atoms with Crippen molar-refractivity contribution in [2.75, 3.05) is 13.1 Å². The van der Waals surface area contributed by atoms with Crippen LogP contribution in [0.15, 0.2) is 27.6 Å². The molecule has 3 aliphatic rings. The largest absolute Gasteiger partial charge is 0.430 e. The van der Waals surface area contributed by atoms with Crippen LogP contribution in [-0.2, 0) is 4.79 Å². The van der Waals surface area contributed by atoms with Crippen molar-refractivity contribution < 1.29 is 14.0 Å². The first-order valence-corrected chi connectivity index (χ1v) is 10.5. The molecule has 4 rings (SSSR count). The van der Waals surface area contributed by atoms with Crippen LogP contribution in [0.4, 0.5) is 0 Å². The predicted octanol–water partition coefficient (Wildman–Crippen LogP) is 1.67. The first kappa shape index (κ1) is 19.2. The van der Waals surface area contributed by atoms with Crippen LogP contribution in [0, 0.1) is 5.92 Å². The van der Waals surface area contributed by atoms with E-state index < -0.39 is 5.63 Å². The van der Waals surface area contributed by atoms with E-state index >= 15 is 0 Å². The van der Waals surface area contributed by atoms with Gasteiger partial charge in [0, 0.05) is 43.7 Å². The van der Waals surface area contributed by atoms with Gasteiger partial charge in [0.25, 0.3) is 5.91 Å². The van der Waals surface area contributed by atoms with Gasteiger partial charge >= 0.3 is 5.63 Å². The average molecular weight is 387 g/mol. The first-order valence-electron chi connectivity index (χ1n) is 10.5. The summed E-state index contributed by atoms with van der Waals surface area (Å²) in [5.74, 6) is 0.665. The molecule has 2 heterocycles. The molecule has 1 saturated heterocycles. The Bertz CT molecular complexity index is 749. The Balaban J connectivity index is 1.31. The van der Waals surface area contributed by atoms with Crippen LogP contribution in [-0.4, -0.2) is 47.9 Å². The predicted molar refractivity (Wildman–Crippen MR) is 104 cm³/mol. The van der Waals surface area contributed by atoms with Crippen molar-refractivity contribution in [1.29, 1.82) is 0 Å². The SMILES string of the molecule is O=C(C[C@H]1CC[C@@H](CNC(=O)c2ccc(=O)oc2)N1CC1CC1)NC1CCC1. The molecule has 7 nitrogen and oxygen atoms in total. The molecule has 3 fully saturated rings. The lowest BCUT2D eigenvalue weighted by atomic mass is 9.93. The molecule has 0 unspecified atom stereocenters. The third-order valence-corrected chi connectivity index (χ3v) is 6.29. The molecule has 7 heteroatoms. The summed E-state index contributed by atoms with van der Waals surface area (Å²) in [6.07, 6.45) is 9.68. The number of carbonyl (C=O) groups excluding carboxylic acids is 2. The molecule has 2 N–H and O–H groups in total. The summed E-state index contributed by atoms with van der Waals surface area (Å²) < 4.78 is 4.77. The molecule has 2 atom stereocenters. The molecule has 1 aromatic rings. The molecule has 2 aliphatic carbocycles. The van der Waals surface area contributed by atoms with Gasteiger partial charge in [-0.1, -0.05) is 0 Å². The van der Waals surface area contributed by atoms with E-state index in [1.807, 2.05) is 0 Å². The summed E-state index contributed by atoms with van der Waals surface area (Å²) in [5, 5.41) is 6.12. The molecular weight excluding hydrogens is 358 g/mol. The molecule has 152 valence electrons. The molecule has 0 spiro atoms. The summed E-state index contributed by atoms with van der Waals surface area (Å²) in [5.41, 5.74) is -0.117. The van der Waals surface area contributed by atoms with Gasteiger partial charge in [-0.05, 0) is 56.9 Å². The van der Waals surface area contributed by atoms with Crippen molar-refractivity contribution in [2.24, 2.45) is 5.92 Å². The molecular formula is C21H29N3O4. The lowest BCUT2D eigenvalue weighted by Crippen LogP contribution is -2.47. The molecule has 0 aromatic carbocycles. The molecule has 1 aromatic heterocycles. The number of hydrogen-bond donors (Lipinski definition) is 2. The van der Waals surface area contributed by atoms with Gasteiger partial charge < -0.3 is 15.1 Å². The van der Waals surface area contributed by atoms with Gasteiger partial charge in [0.1, 0.15) is 6.26 Å². The van der Waals surface area contributed by atoms with Gasteiger partial charge in [-0.3, -0.25) is 14.5 Å². The van der Waals surface area contributed by atoms with E-state index in [4.69, 9.17) is 4.42 Å². The number of likely N-dealkylation sites (tertiary alicyclic amines) is 1. The number of amides is 2. The Morgan fingerprint density at radius 1 is 1.07 bits per heavy atom. The van der Waals surface area contributed by atoms with Crippen LogP contribution in [0.5, 0.6) is 0 Å². The Labute approximate surface area is 164 Å². The fraction of sp³-hybridized carbons (Fsp3) is 0.667. The van der Waals surface area contributed by atoms with Gasteiger partial charge in [-0.15, -0.1) is 0 Å². The summed E-state index contributed by atoms with van der Waals surface area (Å²) in [6.45, 7) is 1.56. The van der Waals surface area contributed by atoms with Crippen molar-refractivity contribution in [3.8, 4) is 0 Å². The number of carbonyl (C=O) groups is 2. The zero-order chi connectivity index (χ0) is 19.5. The van der Waals surface area contributed by atoms with E-state index in [0.29, 0.717) is 24.6 Å². The molecule has 28 heavy (non-hydrogen) atoms. The van der Waals surface area contributed by atoms with Crippen LogP contribution in [0.1, 0.15) is 61.7 Å². The minimum Gasteiger partial charge on any atom is -0.430 e. The van der Waals surface area contributed by atoms with Crippen LogP contribution >= 0.6 is 0 Å². The monoisotopic (exact) mass is 387 g/mol. The topological polar surface area (TPSA) is 91.6 Å². The highest BCUT2D eigenvalue weighted by atomic mass is 16.4. The Kier molecular flexibility index (Phi) is 5.80. The number of rotatable bonds is 8. The van der Waals surface area contributed by atoms with Crippen molar-refractivity contribution >= 4 is 11.8 Å². The standard InChI is InChI=1S/C21H29N3O4/c25-19(23-16-2-1-3-16)10-17-7-8-18(24(17)12-14-4-5-14)11-22-21(27)15-6-9-20(26)28-13-15/h6,9,13-14,16-18H,1-5,7-8,10-12H2,(H,22,27)(H,23,25)/t17-,18+/m1/s1. The number of nitrogens with zero attached hydrogens (tertiary/aromatic N) is 1. The number of hydrogen-bond acceptors (Lipinski definition) is 5. The normalized spacial score (nSPS) is 25.3. The summed E-state index contributed by atoms with van der Waals surface area (Å²) in [7, 11) is 0. The van der Waals surface area contributed by atoms with Gasteiger partial charge in [-0.25, -0.2) is 4.79 Å². The van der Waals surface area contributed by atoms with E-state index in [9.17, 15) is 14.4 Å². The highest BCUT2D eigenvalue weighted by Gasteiger charge is 2.38. The molecule has 2 amide bonds. The highest BCUT2D eigenvalue weighted by Crippen LogP contribution is 2.35. The zero-order valence-corrected chi connectivity index (χ0v) is 16.2. The number of nitrogens with one attached hydrogen (secondary N) is 2. The lowest BCUT2D eigenvalue weighted by Gasteiger charge is -2.31. The molecule has 2 saturated carbocycles. The van der Waals surface area contributed by atoms with Crippen molar-refractivity contribution in [3.05, 3.63) is 34.4 Å². The zero-order valence-electron chi connectivity index (χ0n) is 16.2. The molecule has 0 radical (unpaired) electrons. The third-order valence-electron chi connectivity index (χ3n) is 6.29. The second-order valence-corrected chi connectivity index (χ2v) is 8.48. The maximum absolute atomic E-state index is 12.4. The maximum atomic E-state index is 12.4. The van der Waals surface area contributed by atoms with Crippen molar-refractivity contribution in [2.45, 2.75) is 69.5 Å². The molecule has 1 aliphatic heterocycles. The Morgan fingerprint density at radius 2 is 1.86 bits per heavy atom. The van der Waals surface area contributed by atoms with Crippen molar-refractivity contribution in [3.63, 3.8) is 0 Å². The van der Waals surface area contributed by atoms with E-state index in [2.05, 4.69) is 15.5 Å². The summed E-state index contributed by atoms with van der Waals surface area (Å²) in [6, 6.07) is 3.62. The Morgan fingerprint density at radius 3 is 2.50 bits per heavy atom. The molecule has 0 bridgehead atoms. The van der Waals surface area contributed by atoms with Crippen LogP contribution in [0.25, 0.3) is 0 Å². The first-order chi connectivity index (χ1) is 13.6. The quantitative estimate of drug-likeness (QED) is 0.708. The second kappa shape index (κ2) is 8.47. The smallest absolute Gasteiger partial charge is 0.335 e. The van der Waals surface area contributed by atoms with E-state index in [-0.39, 0.29) is 23.9 Å². The van der Waals surface area contributed by atoms with Gasteiger partial charge in [0.05, 0.1) is 5.56 Å². The average Bonchev–Trinajstić information content (AvgIpc) is 3.39. The fourth-order valence-corrected chi connectivity index (χ4v) is 4.20. The maximum Gasteiger partial charge on any atom is 0.335 e. The lowest BCUT2D eigenvalue weighted by molar-refractivity contribution is -0.123. The summed E-state index contributed by atoms with van der Waals surface area (Å²) >= 11 is 0. The fourth-order valence-electron chi connectivity index (χ4n) is 4.20. The minimum absolute atomic E-state index is 0.166. The van der Waals surface area contributed by atoms with Gasteiger partial charge in [0.15, 0.2) is 0 Å². The second-order valence-electron chi connectivity index (χ2n) is 8.48. The van der Waals surface area contributed by atoms with E-state index in [0.717, 1.165) is 38.1 Å². The third kappa shape index (κ3) is 4.82. The van der Waals surface area contributed by atoms with Gasteiger partial charge in [-0.2, -0.15) is 0 Å². The van der Waals surface area contributed by atoms with Crippen molar-refractivity contribution in [1.82, 2.24) is 15.5 Å². The van der Waals surface area contributed by atoms with Gasteiger partial charge in [0.2, 0.25) is 5.91 Å². The van der Waals surface area contributed by atoms with E-state index in [1.165, 1.54) is 37.7 Å². The van der Waals surface area contributed by atoms with E-state index in [1.54, 1.807) is 0 Å².